The van der Waals surface area contributed by atoms with Crippen LogP contribution < -0.4 is 21.3 Å². The molecule has 1 amide bonds. The smallest absolute Gasteiger partial charge is 0.317 e. The third kappa shape index (κ3) is 6.24. The minimum absolute atomic E-state index is 0.0927. The zero-order valence-electron chi connectivity index (χ0n) is 16.2. The van der Waals surface area contributed by atoms with Gasteiger partial charge in [0.1, 0.15) is 16.7 Å². The van der Waals surface area contributed by atoms with E-state index in [9.17, 15) is 19.5 Å². The molecule has 0 radical (unpaired) electrons. The fourth-order valence-electron chi connectivity index (χ4n) is 2.46. The Bertz CT molecular complexity index is 914. The van der Waals surface area contributed by atoms with E-state index in [1.54, 1.807) is 24.3 Å². The number of carbonyl (C=O) groups is 2. The van der Waals surface area contributed by atoms with E-state index in [0.29, 0.717) is 24.3 Å². The summed E-state index contributed by atoms with van der Waals surface area (Å²) in [6.07, 6.45) is 2.03. The van der Waals surface area contributed by atoms with E-state index in [2.05, 4.69) is 15.3 Å². The number of carboxylic acid groups (broad SMARTS) is 1. The van der Waals surface area contributed by atoms with Gasteiger partial charge in [-0.1, -0.05) is 31.5 Å². The Morgan fingerprint density at radius 3 is 2.55 bits per heavy atom. The van der Waals surface area contributed by atoms with Crippen molar-refractivity contribution in [1.82, 2.24) is 9.97 Å². The average molecular weight is 420 g/mol. The van der Waals surface area contributed by atoms with Gasteiger partial charge >= 0.3 is 5.97 Å². The van der Waals surface area contributed by atoms with E-state index >= 15 is 0 Å². The second-order valence-corrected chi connectivity index (χ2v) is 7.32. The molecular formula is C19H24N4O5S. The Balaban J connectivity index is 2.15. The summed E-state index contributed by atoms with van der Waals surface area (Å²) in [5, 5.41) is 11.1. The molecule has 0 saturated carbocycles. The lowest BCUT2D eigenvalue weighted by atomic mass is 10.2. The van der Waals surface area contributed by atoms with Crippen molar-refractivity contribution in [1.29, 1.82) is 0 Å². The number of benzene rings is 1. The largest absolute Gasteiger partial charge is 0.494 e. The highest BCUT2D eigenvalue weighted by Gasteiger charge is 2.21. The summed E-state index contributed by atoms with van der Waals surface area (Å²) in [5.41, 5.74) is 5.31. The Labute approximate surface area is 172 Å². The maximum absolute atomic E-state index is 12.4. The lowest BCUT2D eigenvalue weighted by Crippen LogP contribution is -2.24. The van der Waals surface area contributed by atoms with Gasteiger partial charge in [0, 0.05) is 5.56 Å². The highest BCUT2D eigenvalue weighted by molar-refractivity contribution is 8.00. The topological polar surface area (TPSA) is 147 Å². The quantitative estimate of drug-likeness (QED) is 0.339. The lowest BCUT2D eigenvalue weighted by Gasteiger charge is -2.12. The molecule has 9 nitrogen and oxygen atoms in total. The molecule has 2 rings (SSSR count). The van der Waals surface area contributed by atoms with Crippen LogP contribution in [0.15, 0.2) is 34.2 Å². The van der Waals surface area contributed by atoms with Gasteiger partial charge in [-0.15, -0.1) is 0 Å². The number of aliphatic carboxylic acids is 1. The molecule has 10 heteroatoms. The number of aromatic amines is 1. The first-order valence-corrected chi connectivity index (χ1v) is 10.1. The summed E-state index contributed by atoms with van der Waals surface area (Å²) in [5.74, 6) is -1.08. The van der Waals surface area contributed by atoms with Crippen LogP contribution >= 0.6 is 11.8 Å². The molecule has 156 valence electrons. The van der Waals surface area contributed by atoms with Crippen LogP contribution in [0.4, 0.5) is 11.5 Å². The van der Waals surface area contributed by atoms with Gasteiger partial charge in [0.2, 0.25) is 0 Å². The molecule has 1 aromatic carbocycles. The summed E-state index contributed by atoms with van der Waals surface area (Å²) in [4.78, 5) is 42.6. The molecule has 0 spiro atoms. The van der Waals surface area contributed by atoms with Crippen molar-refractivity contribution in [3.8, 4) is 5.75 Å². The van der Waals surface area contributed by atoms with Gasteiger partial charge in [0.05, 0.1) is 6.61 Å². The fourth-order valence-corrected chi connectivity index (χ4v) is 3.42. The number of carbonyl (C=O) groups excluding carboxylic acids is 1. The summed E-state index contributed by atoms with van der Waals surface area (Å²) >= 11 is 0.922. The number of nitrogens with two attached hydrogens (primary N) is 1. The molecule has 0 aliphatic rings. The van der Waals surface area contributed by atoms with Crippen molar-refractivity contribution >= 4 is 35.1 Å². The number of rotatable bonds is 10. The van der Waals surface area contributed by atoms with Gasteiger partial charge in [-0.25, -0.2) is 4.98 Å². The number of ether oxygens (including phenoxy) is 1. The van der Waals surface area contributed by atoms with E-state index in [1.807, 2.05) is 13.8 Å². The van der Waals surface area contributed by atoms with Crippen LogP contribution in [-0.2, 0) is 4.79 Å². The Kier molecular flexibility index (Phi) is 8.08. The molecule has 1 heterocycles. The molecule has 1 aromatic heterocycles. The molecule has 29 heavy (non-hydrogen) atoms. The van der Waals surface area contributed by atoms with Crippen molar-refractivity contribution in [3.63, 3.8) is 0 Å². The number of carboxylic acids is 1. The molecular weight excluding hydrogens is 396 g/mol. The standard InChI is InChI=1S/C19H24N4O5S/c1-3-5-6-13(18(26)27)29-19-22-15(20)14(17(25)23-19)21-16(24)11-7-9-12(10-8-11)28-4-2/h7-10,13H,3-6H2,1-2H3,(H,21,24)(H,26,27)(H3,20,22,23,25)/t13-/m0/s1. The SMILES string of the molecule is CCCC[C@H](Sc1nc(N)c(NC(=O)c2ccc(OCC)cc2)c(=O)[nH]1)C(=O)O. The lowest BCUT2D eigenvalue weighted by molar-refractivity contribution is -0.136. The van der Waals surface area contributed by atoms with Crippen molar-refractivity contribution < 1.29 is 19.4 Å². The molecule has 0 aliphatic heterocycles. The fraction of sp³-hybridized carbons (Fsp3) is 0.368. The van der Waals surface area contributed by atoms with Crippen molar-refractivity contribution in [2.45, 2.75) is 43.5 Å². The van der Waals surface area contributed by atoms with Gasteiger partial charge in [0.15, 0.2) is 11.0 Å². The number of anilines is 2. The number of hydrogen-bond donors (Lipinski definition) is 4. The molecule has 1 atom stereocenters. The summed E-state index contributed by atoms with van der Waals surface area (Å²) < 4.78 is 5.32. The van der Waals surface area contributed by atoms with Gasteiger partial charge in [-0.05, 0) is 37.6 Å². The maximum atomic E-state index is 12.4. The molecule has 0 aliphatic carbocycles. The van der Waals surface area contributed by atoms with Gasteiger partial charge in [-0.3, -0.25) is 19.4 Å². The predicted molar refractivity (Wildman–Crippen MR) is 112 cm³/mol. The Morgan fingerprint density at radius 2 is 2.00 bits per heavy atom. The normalized spacial score (nSPS) is 11.7. The minimum Gasteiger partial charge on any atom is -0.494 e. The van der Waals surface area contributed by atoms with Crippen molar-refractivity contribution in [2.24, 2.45) is 0 Å². The molecule has 0 unspecified atom stereocenters. The van der Waals surface area contributed by atoms with Crippen molar-refractivity contribution in [2.75, 3.05) is 17.7 Å². The van der Waals surface area contributed by atoms with E-state index < -0.39 is 22.7 Å². The van der Waals surface area contributed by atoms with E-state index in [-0.39, 0.29) is 16.7 Å². The monoisotopic (exact) mass is 420 g/mol. The van der Waals surface area contributed by atoms with Crippen LogP contribution in [0.1, 0.15) is 43.5 Å². The predicted octanol–water partition coefficient (Wildman–Crippen LogP) is 2.74. The van der Waals surface area contributed by atoms with Gasteiger partial charge in [0.25, 0.3) is 11.5 Å². The first-order chi connectivity index (χ1) is 13.8. The second kappa shape index (κ2) is 10.5. The van der Waals surface area contributed by atoms with Crippen LogP contribution in [0.3, 0.4) is 0 Å². The molecule has 0 saturated heterocycles. The number of hydrogen-bond acceptors (Lipinski definition) is 7. The Hall–Kier alpha value is -3.01. The van der Waals surface area contributed by atoms with E-state index in [0.717, 1.165) is 24.6 Å². The molecule has 0 bridgehead atoms. The third-order valence-corrected chi connectivity index (χ3v) is 5.08. The first-order valence-electron chi connectivity index (χ1n) is 9.19. The number of H-pyrrole nitrogens is 1. The van der Waals surface area contributed by atoms with Crippen LogP contribution in [0.25, 0.3) is 0 Å². The summed E-state index contributed by atoms with van der Waals surface area (Å²) in [7, 11) is 0. The van der Waals surface area contributed by atoms with Crippen LogP contribution in [0, 0.1) is 0 Å². The second-order valence-electron chi connectivity index (χ2n) is 6.13. The highest BCUT2D eigenvalue weighted by atomic mass is 32.2. The molecule has 0 fully saturated rings. The average Bonchev–Trinajstić information content (AvgIpc) is 2.68. The van der Waals surface area contributed by atoms with E-state index in [1.165, 1.54) is 0 Å². The molecule has 5 N–H and O–H groups in total. The van der Waals surface area contributed by atoms with Crippen LogP contribution in [0.2, 0.25) is 0 Å². The Morgan fingerprint density at radius 1 is 1.31 bits per heavy atom. The van der Waals surface area contributed by atoms with Crippen LogP contribution in [0.5, 0.6) is 5.75 Å². The van der Waals surface area contributed by atoms with Gasteiger partial charge in [-0.2, -0.15) is 0 Å². The minimum atomic E-state index is -0.988. The van der Waals surface area contributed by atoms with E-state index in [4.69, 9.17) is 10.5 Å². The number of unbranched alkanes of at least 4 members (excludes halogenated alkanes) is 1. The zero-order valence-corrected chi connectivity index (χ0v) is 17.0. The number of nitrogen functional groups attached to an aromatic ring is 1. The number of nitrogens with zero attached hydrogens (tertiary/aromatic N) is 1. The molecule has 2 aromatic rings. The summed E-state index contributed by atoms with van der Waals surface area (Å²) in [6.45, 7) is 4.32. The number of amides is 1. The highest BCUT2D eigenvalue weighted by Crippen LogP contribution is 2.25. The van der Waals surface area contributed by atoms with Crippen LogP contribution in [-0.4, -0.2) is 38.8 Å². The summed E-state index contributed by atoms with van der Waals surface area (Å²) in [6, 6.07) is 6.42. The van der Waals surface area contributed by atoms with Gasteiger partial charge < -0.3 is 20.9 Å². The third-order valence-electron chi connectivity index (χ3n) is 3.94. The number of thioether (sulfide) groups is 1. The first kappa shape index (κ1) is 22.3. The van der Waals surface area contributed by atoms with Crippen molar-refractivity contribution in [3.05, 3.63) is 40.2 Å². The zero-order chi connectivity index (χ0) is 21.4. The number of aromatic nitrogens is 2. The maximum Gasteiger partial charge on any atom is 0.317 e. The number of nitrogens with one attached hydrogen (secondary N) is 2.